The molecule has 0 spiro atoms. The van der Waals surface area contributed by atoms with Gasteiger partial charge in [0.2, 0.25) is 0 Å². The van der Waals surface area contributed by atoms with Crippen molar-refractivity contribution in [2.45, 2.75) is 38.5 Å². The molecule has 0 saturated heterocycles. The molecular formula is C42H34N2. The van der Waals surface area contributed by atoms with E-state index in [0.29, 0.717) is 0 Å². The van der Waals surface area contributed by atoms with Crippen LogP contribution in [0.5, 0.6) is 0 Å². The Morgan fingerprint density at radius 2 is 1.07 bits per heavy atom. The summed E-state index contributed by atoms with van der Waals surface area (Å²) in [6.07, 6.45) is 0. The molecule has 0 bridgehead atoms. The Hall–Kier alpha value is -5.08. The van der Waals surface area contributed by atoms with Crippen LogP contribution in [0.25, 0.3) is 38.6 Å². The normalized spacial score (nSPS) is 15.2. The van der Waals surface area contributed by atoms with E-state index in [-0.39, 0.29) is 10.8 Å². The van der Waals surface area contributed by atoms with Crippen LogP contribution in [0.3, 0.4) is 0 Å². The largest absolute Gasteiger partial charge is 0.310 e. The number of fused-ring (bicyclic) bond motifs is 8. The minimum absolute atomic E-state index is 0.0607. The maximum Gasteiger partial charge on any atom is 0.0582 e. The van der Waals surface area contributed by atoms with Gasteiger partial charge in [-0.3, -0.25) is 0 Å². The Bertz CT molecular complexity index is 2230. The first kappa shape index (κ1) is 25.4. The summed E-state index contributed by atoms with van der Waals surface area (Å²) in [5, 5.41) is 2.67. The molecular weight excluding hydrogens is 532 g/mol. The number of hydrogen-bond donors (Lipinski definition) is 0. The molecule has 2 heteroatoms. The van der Waals surface area contributed by atoms with Gasteiger partial charge in [0.1, 0.15) is 0 Å². The van der Waals surface area contributed by atoms with Crippen molar-refractivity contribution in [3.63, 3.8) is 0 Å². The van der Waals surface area contributed by atoms with Crippen LogP contribution in [0.15, 0.2) is 133 Å². The van der Waals surface area contributed by atoms with Gasteiger partial charge in [-0.2, -0.15) is 0 Å². The van der Waals surface area contributed by atoms with Crippen molar-refractivity contribution in [3.8, 4) is 16.8 Å². The molecule has 2 aliphatic rings. The number of benzene rings is 6. The third-order valence-corrected chi connectivity index (χ3v) is 10.3. The first-order valence-corrected chi connectivity index (χ1v) is 15.6. The first-order valence-electron chi connectivity index (χ1n) is 15.6. The molecule has 212 valence electrons. The van der Waals surface area contributed by atoms with Gasteiger partial charge in [0.05, 0.1) is 16.7 Å². The maximum absolute atomic E-state index is 2.54. The van der Waals surface area contributed by atoms with E-state index in [1.165, 1.54) is 66.6 Å². The Kier molecular flexibility index (Phi) is 5.05. The summed E-state index contributed by atoms with van der Waals surface area (Å²) < 4.78 is 2.54. The molecule has 0 amide bonds. The summed E-state index contributed by atoms with van der Waals surface area (Å²) in [5.74, 6) is 0. The average molecular weight is 567 g/mol. The summed E-state index contributed by atoms with van der Waals surface area (Å²) in [6.45, 7) is 9.52. The lowest BCUT2D eigenvalue weighted by atomic mass is 9.75. The fraction of sp³-hybridized carbons (Fsp3) is 0.143. The minimum Gasteiger partial charge on any atom is -0.310 e. The summed E-state index contributed by atoms with van der Waals surface area (Å²) in [4.78, 5) is 2.36. The Morgan fingerprint density at radius 3 is 1.80 bits per heavy atom. The summed E-state index contributed by atoms with van der Waals surface area (Å²) in [6, 6.07) is 49.3. The Morgan fingerprint density at radius 1 is 0.455 bits per heavy atom. The predicted molar refractivity (Wildman–Crippen MR) is 185 cm³/mol. The summed E-state index contributed by atoms with van der Waals surface area (Å²) in [7, 11) is 0. The third kappa shape index (κ3) is 3.26. The first-order chi connectivity index (χ1) is 21.4. The van der Waals surface area contributed by atoms with E-state index < -0.39 is 0 Å². The van der Waals surface area contributed by atoms with E-state index in [2.05, 4.69) is 171 Å². The van der Waals surface area contributed by atoms with Crippen molar-refractivity contribution in [2.24, 2.45) is 0 Å². The number of hydrogen-bond acceptors (Lipinski definition) is 1. The van der Waals surface area contributed by atoms with Crippen LogP contribution in [0, 0.1) is 0 Å². The van der Waals surface area contributed by atoms with E-state index in [1.807, 2.05) is 0 Å². The minimum atomic E-state index is -0.152. The number of para-hydroxylation sites is 4. The highest BCUT2D eigenvalue weighted by Crippen LogP contribution is 2.54. The molecule has 1 aromatic heterocycles. The molecule has 0 saturated carbocycles. The monoisotopic (exact) mass is 566 g/mol. The van der Waals surface area contributed by atoms with Crippen molar-refractivity contribution in [2.75, 3.05) is 4.90 Å². The molecule has 2 heterocycles. The van der Waals surface area contributed by atoms with Crippen molar-refractivity contribution in [1.82, 2.24) is 4.57 Å². The molecule has 6 aromatic carbocycles. The van der Waals surface area contributed by atoms with Crippen molar-refractivity contribution in [3.05, 3.63) is 156 Å². The highest BCUT2D eigenvalue weighted by molar-refractivity contribution is 6.13. The molecule has 2 nitrogen and oxygen atoms in total. The summed E-state index contributed by atoms with van der Waals surface area (Å²) >= 11 is 0. The average Bonchev–Trinajstić information content (AvgIpc) is 3.49. The number of aromatic nitrogens is 1. The fourth-order valence-electron chi connectivity index (χ4n) is 8.12. The van der Waals surface area contributed by atoms with Gasteiger partial charge in [-0.1, -0.05) is 107 Å². The zero-order valence-corrected chi connectivity index (χ0v) is 25.6. The second kappa shape index (κ2) is 8.74. The maximum atomic E-state index is 2.54. The van der Waals surface area contributed by atoms with Gasteiger partial charge in [-0.15, -0.1) is 0 Å². The Labute approximate surface area is 258 Å². The third-order valence-electron chi connectivity index (χ3n) is 10.3. The van der Waals surface area contributed by atoms with E-state index in [0.717, 1.165) is 11.4 Å². The number of nitrogens with zero attached hydrogens (tertiary/aromatic N) is 2. The SMILES string of the molecule is CC1(C)c2cc(N(c3ccccc3)c3ccccc3)ccc2-c2cc3c4cccc5c4n(c3cc21)-c1ccccc1C5(C)C. The molecule has 44 heavy (non-hydrogen) atoms. The van der Waals surface area contributed by atoms with Crippen LogP contribution < -0.4 is 4.90 Å². The predicted octanol–water partition coefficient (Wildman–Crippen LogP) is 11.2. The summed E-state index contributed by atoms with van der Waals surface area (Å²) in [5.41, 5.74) is 15.5. The molecule has 0 atom stereocenters. The highest BCUT2D eigenvalue weighted by Gasteiger charge is 2.39. The Balaban J connectivity index is 1.29. The quantitative estimate of drug-likeness (QED) is 0.206. The van der Waals surface area contributed by atoms with E-state index in [4.69, 9.17) is 0 Å². The van der Waals surface area contributed by atoms with E-state index in [1.54, 1.807) is 0 Å². The van der Waals surface area contributed by atoms with Crippen LogP contribution >= 0.6 is 0 Å². The zero-order valence-electron chi connectivity index (χ0n) is 25.6. The van der Waals surface area contributed by atoms with Gasteiger partial charge < -0.3 is 9.47 Å². The second-order valence-electron chi connectivity index (χ2n) is 13.5. The van der Waals surface area contributed by atoms with Crippen LogP contribution in [0.4, 0.5) is 17.1 Å². The molecule has 9 rings (SSSR count). The van der Waals surface area contributed by atoms with Gasteiger partial charge in [0.15, 0.2) is 0 Å². The van der Waals surface area contributed by atoms with Gasteiger partial charge in [0.25, 0.3) is 0 Å². The van der Waals surface area contributed by atoms with Gasteiger partial charge >= 0.3 is 0 Å². The second-order valence-corrected chi connectivity index (χ2v) is 13.5. The van der Waals surface area contributed by atoms with Crippen molar-refractivity contribution >= 4 is 38.9 Å². The number of anilines is 3. The highest BCUT2D eigenvalue weighted by atomic mass is 15.1. The van der Waals surface area contributed by atoms with Crippen LogP contribution in [0.2, 0.25) is 0 Å². The molecule has 1 aliphatic carbocycles. The van der Waals surface area contributed by atoms with E-state index in [9.17, 15) is 0 Å². The zero-order chi connectivity index (χ0) is 29.8. The smallest absolute Gasteiger partial charge is 0.0582 e. The number of rotatable bonds is 3. The molecule has 7 aromatic rings. The van der Waals surface area contributed by atoms with Crippen LogP contribution in [0.1, 0.15) is 49.9 Å². The molecule has 0 fully saturated rings. The van der Waals surface area contributed by atoms with Gasteiger partial charge in [-0.05, 0) is 88.0 Å². The standard InChI is InChI=1S/C42H34N2/c1-41(2)34-19-11-12-21-38(34)44-39-26-37-32(25-33(39)31-18-13-20-35(41)40(31)44)30-23-22-29(24-36(30)42(37,3)4)43(27-14-7-5-8-15-27)28-16-9-6-10-17-28/h5-26H,1-4H3. The van der Waals surface area contributed by atoms with Gasteiger partial charge in [0, 0.05) is 38.7 Å². The van der Waals surface area contributed by atoms with Crippen LogP contribution in [-0.2, 0) is 10.8 Å². The molecule has 0 unspecified atom stereocenters. The lowest BCUT2D eigenvalue weighted by Crippen LogP contribution is -2.26. The van der Waals surface area contributed by atoms with Gasteiger partial charge in [-0.25, -0.2) is 0 Å². The topological polar surface area (TPSA) is 8.17 Å². The lowest BCUT2D eigenvalue weighted by molar-refractivity contribution is 0.630. The van der Waals surface area contributed by atoms with E-state index >= 15 is 0 Å². The van der Waals surface area contributed by atoms with Crippen LogP contribution in [-0.4, -0.2) is 4.57 Å². The molecule has 0 N–H and O–H groups in total. The van der Waals surface area contributed by atoms with Crippen molar-refractivity contribution in [1.29, 1.82) is 0 Å². The fourth-order valence-corrected chi connectivity index (χ4v) is 8.12. The molecule has 0 radical (unpaired) electrons. The lowest BCUT2D eigenvalue weighted by Gasteiger charge is -2.34. The molecule has 1 aliphatic heterocycles. The van der Waals surface area contributed by atoms with Crippen molar-refractivity contribution < 1.29 is 0 Å².